The second-order valence-corrected chi connectivity index (χ2v) is 7.14. The van der Waals surface area contributed by atoms with Crippen LogP contribution in [0.3, 0.4) is 0 Å². The maximum Gasteiger partial charge on any atom is 0.317 e. The molecular formula is C19H20ClNO3S. The minimum absolute atomic E-state index is 0.155. The van der Waals surface area contributed by atoms with Gasteiger partial charge in [-0.2, -0.15) is 0 Å². The van der Waals surface area contributed by atoms with Crippen LogP contribution in [-0.2, 0) is 14.3 Å². The van der Waals surface area contributed by atoms with Crippen molar-refractivity contribution in [2.45, 2.75) is 31.8 Å². The Kier molecular flexibility index (Phi) is 6.91. The third-order valence-electron chi connectivity index (χ3n) is 3.47. The zero-order chi connectivity index (χ0) is 18.4. The quantitative estimate of drug-likeness (QED) is 0.589. The number of carbonyl (C=O) groups excluding carboxylic acids is 2. The number of rotatable bonds is 6. The molecule has 6 heteroatoms. The molecule has 0 aliphatic heterocycles. The highest BCUT2D eigenvalue weighted by atomic mass is 35.5. The van der Waals surface area contributed by atoms with E-state index >= 15 is 0 Å². The molecule has 0 saturated heterocycles. The Bertz CT molecular complexity index is 762. The number of amides is 1. The van der Waals surface area contributed by atoms with Crippen molar-refractivity contribution in [1.82, 2.24) is 0 Å². The fraction of sp³-hybridized carbons (Fsp3) is 0.263. The van der Waals surface area contributed by atoms with Crippen LogP contribution >= 0.6 is 23.4 Å². The van der Waals surface area contributed by atoms with Gasteiger partial charge in [0.2, 0.25) is 0 Å². The molecule has 25 heavy (non-hydrogen) atoms. The molecule has 4 nitrogen and oxygen atoms in total. The highest BCUT2D eigenvalue weighted by Crippen LogP contribution is 2.23. The van der Waals surface area contributed by atoms with E-state index in [4.69, 9.17) is 16.3 Å². The highest BCUT2D eigenvalue weighted by Gasteiger charge is 2.18. The number of nitrogens with one attached hydrogen (secondary N) is 1. The lowest BCUT2D eigenvalue weighted by molar-refractivity contribution is -0.150. The molecule has 0 unspecified atom stereocenters. The number of benzene rings is 2. The molecular weight excluding hydrogens is 358 g/mol. The lowest BCUT2D eigenvalue weighted by Gasteiger charge is -2.14. The Morgan fingerprint density at radius 1 is 1.16 bits per heavy atom. The fourth-order valence-corrected chi connectivity index (χ4v) is 3.08. The molecule has 132 valence electrons. The summed E-state index contributed by atoms with van der Waals surface area (Å²) in [5.41, 5.74) is 2.89. The molecule has 2 rings (SSSR count). The standard InChI is InChI=1S/C19H20ClNO3S/c1-12-4-9-17(13(2)10-12)25-11-18(22)24-14(3)19(23)21-16-7-5-15(20)6-8-16/h4-10,14H,11H2,1-3H3,(H,21,23)/t14-/m1/s1. The molecule has 0 bridgehead atoms. The lowest BCUT2D eigenvalue weighted by Crippen LogP contribution is -2.30. The Balaban J connectivity index is 1.82. The zero-order valence-corrected chi connectivity index (χ0v) is 15.9. The topological polar surface area (TPSA) is 55.4 Å². The number of anilines is 1. The number of esters is 1. The molecule has 2 aromatic carbocycles. The summed E-state index contributed by atoms with van der Waals surface area (Å²) >= 11 is 7.20. The summed E-state index contributed by atoms with van der Waals surface area (Å²) in [7, 11) is 0. The first-order valence-corrected chi connectivity index (χ1v) is 9.17. The monoisotopic (exact) mass is 377 g/mol. The number of halogens is 1. The third-order valence-corrected chi connectivity index (χ3v) is 4.87. The van der Waals surface area contributed by atoms with E-state index in [2.05, 4.69) is 11.4 Å². The van der Waals surface area contributed by atoms with Gasteiger partial charge in [-0.3, -0.25) is 9.59 Å². The second-order valence-electron chi connectivity index (χ2n) is 5.69. The van der Waals surface area contributed by atoms with Gasteiger partial charge in [0, 0.05) is 15.6 Å². The summed E-state index contributed by atoms with van der Waals surface area (Å²) < 4.78 is 5.20. The van der Waals surface area contributed by atoms with E-state index in [1.165, 1.54) is 17.3 Å². The molecule has 0 saturated carbocycles. The molecule has 1 amide bonds. The van der Waals surface area contributed by atoms with Gasteiger partial charge in [-0.1, -0.05) is 29.3 Å². The van der Waals surface area contributed by atoms with Crippen LogP contribution in [0.5, 0.6) is 0 Å². The Morgan fingerprint density at radius 2 is 1.84 bits per heavy atom. The maximum absolute atomic E-state index is 12.1. The van der Waals surface area contributed by atoms with Crippen molar-refractivity contribution in [3.63, 3.8) is 0 Å². The van der Waals surface area contributed by atoms with E-state index < -0.39 is 12.1 Å². The van der Waals surface area contributed by atoms with Crippen LogP contribution < -0.4 is 5.32 Å². The largest absolute Gasteiger partial charge is 0.452 e. The van der Waals surface area contributed by atoms with Crippen LogP contribution in [0.1, 0.15) is 18.1 Å². The number of thioether (sulfide) groups is 1. The van der Waals surface area contributed by atoms with Crippen molar-refractivity contribution in [2.24, 2.45) is 0 Å². The molecule has 0 fully saturated rings. The van der Waals surface area contributed by atoms with E-state index in [0.717, 1.165) is 10.5 Å². The highest BCUT2D eigenvalue weighted by molar-refractivity contribution is 8.00. The number of carbonyl (C=O) groups is 2. The van der Waals surface area contributed by atoms with Crippen molar-refractivity contribution >= 4 is 40.9 Å². The summed E-state index contributed by atoms with van der Waals surface area (Å²) in [6, 6.07) is 12.8. The molecule has 2 aromatic rings. The van der Waals surface area contributed by atoms with Crippen LogP contribution in [0.4, 0.5) is 5.69 Å². The molecule has 0 aliphatic carbocycles. The molecule has 0 aromatic heterocycles. The average Bonchev–Trinajstić information content (AvgIpc) is 2.56. The van der Waals surface area contributed by atoms with Gasteiger partial charge in [-0.25, -0.2) is 0 Å². The zero-order valence-electron chi connectivity index (χ0n) is 14.3. The lowest BCUT2D eigenvalue weighted by atomic mass is 10.2. The molecule has 0 aliphatic rings. The summed E-state index contributed by atoms with van der Waals surface area (Å²) in [6.45, 7) is 5.57. The molecule has 0 spiro atoms. The molecule has 1 atom stereocenters. The van der Waals surface area contributed by atoms with Gasteiger partial charge < -0.3 is 10.1 Å². The van der Waals surface area contributed by atoms with Gasteiger partial charge in [0.1, 0.15) is 0 Å². The molecule has 1 N–H and O–H groups in total. The Hall–Kier alpha value is -1.98. The van der Waals surface area contributed by atoms with Gasteiger partial charge in [0.15, 0.2) is 6.10 Å². The fourth-order valence-electron chi connectivity index (χ4n) is 2.16. The molecule has 0 heterocycles. The smallest absolute Gasteiger partial charge is 0.317 e. The average molecular weight is 378 g/mol. The minimum atomic E-state index is -0.872. The van der Waals surface area contributed by atoms with Crippen molar-refractivity contribution in [3.05, 3.63) is 58.6 Å². The summed E-state index contributed by atoms with van der Waals surface area (Å²) in [6.07, 6.45) is -0.872. The van der Waals surface area contributed by atoms with Crippen molar-refractivity contribution in [1.29, 1.82) is 0 Å². The first-order chi connectivity index (χ1) is 11.8. The van der Waals surface area contributed by atoms with E-state index in [9.17, 15) is 9.59 Å². The number of ether oxygens (including phenoxy) is 1. The number of aryl methyl sites for hydroxylation is 2. The van der Waals surface area contributed by atoms with Crippen molar-refractivity contribution < 1.29 is 14.3 Å². The van der Waals surface area contributed by atoms with Gasteiger partial charge in [0.05, 0.1) is 5.75 Å². The predicted octanol–water partition coefficient (Wildman–Crippen LogP) is 4.62. The normalized spacial score (nSPS) is 11.7. The minimum Gasteiger partial charge on any atom is -0.452 e. The SMILES string of the molecule is Cc1ccc(SCC(=O)O[C@H](C)C(=O)Nc2ccc(Cl)cc2)c(C)c1. The first-order valence-electron chi connectivity index (χ1n) is 7.81. The summed E-state index contributed by atoms with van der Waals surface area (Å²) in [4.78, 5) is 25.1. The molecule has 0 radical (unpaired) electrons. The maximum atomic E-state index is 12.1. The van der Waals surface area contributed by atoms with Crippen LogP contribution in [0.15, 0.2) is 47.4 Å². The van der Waals surface area contributed by atoms with E-state index in [-0.39, 0.29) is 11.7 Å². The van der Waals surface area contributed by atoms with E-state index in [1.807, 2.05) is 26.0 Å². The van der Waals surface area contributed by atoms with Crippen LogP contribution in [-0.4, -0.2) is 23.7 Å². The predicted molar refractivity (Wildman–Crippen MR) is 102 cm³/mol. The van der Waals surface area contributed by atoms with Gasteiger partial charge in [-0.15, -0.1) is 11.8 Å². The first kappa shape index (κ1) is 19.3. The number of hydrogen-bond acceptors (Lipinski definition) is 4. The third kappa shape index (κ3) is 6.11. The Labute approximate surface area is 156 Å². The summed E-state index contributed by atoms with van der Waals surface area (Å²) in [5.74, 6) is -0.654. The van der Waals surface area contributed by atoms with Crippen molar-refractivity contribution in [2.75, 3.05) is 11.1 Å². The van der Waals surface area contributed by atoms with Crippen LogP contribution in [0.2, 0.25) is 5.02 Å². The van der Waals surface area contributed by atoms with E-state index in [1.54, 1.807) is 31.2 Å². The van der Waals surface area contributed by atoms with Gasteiger partial charge in [-0.05, 0) is 56.7 Å². The Morgan fingerprint density at radius 3 is 2.48 bits per heavy atom. The van der Waals surface area contributed by atoms with Crippen LogP contribution in [0.25, 0.3) is 0 Å². The van der Waals surface area contributed by atoms with Crippen molar-refractivity contribution in [3.8, 4) is 0 Å². The van der Waals surface area contributed by atoms with Gasteiger partial charge >= 0.3 is 5.97 Å². The van der Waals surface area contributed by atoms with Crippen LogP contribution in [0, 0.1) is 13.8 Å². The number of hydrogen-bond donors (Lipinski definition) is 1. The van der Waals surface area contributed by atoms with E-state index in [0.29, 0.717) is 10.7 Å². The summed E-state index contributed by atoms with van der Waals surface area (Å²) in [5, 5.41) is 3.27. The van der Waals surface area contributed by atoms with Gasteiger partial charge in [0.25, 0.3) is 5.91 Å². The second kappa shape index (κ2) is 8.92.